The van der Waals surface area contributed by atoms with Crippen LogP contribution in [-0.4, -0.2) is 74.1 Å². The molecule has 1 amide bonds. The summed E-state index contributed by atoms with van der Waals surface area (Å²) in [4.78, 5) is 51.0. The Hall–Kier alpha value is -4.50. The Kier molecular flexibility index (Phi) is 10.00. The van der Waals surface area contributed by atoms with E-state index in [2.05, 4.69) is 41.0 Å². The number of primary amides is 1. The van der Waals surface area contributed by atoms with Crippen LogP contribution in [0.2, 0.25) is 0 Å². The number of anilines is 2. The SMILES string of the molecule is Cc1cc(=O)cc2sc3cc(N4CCC(C(N)=O)CC4)cc(C)c3nc1-2.Cc1cc(=O)cc2sc3cc(N4CCN(S(C)(=O)=O)CC4)cc(C)c3nc1-2. The summed E-state index contributed by atoms with van der Waals surface area (Å²) in [5.74, 6) is -0.208. The number of aromatic nitrogens is 2. The Morgan fingerprint density at radius 2 is 1.09 bits per heavy atom. The highest BCUT2D eigenvalue weighted by Crippen LogP contribution is 2.37. The Balaban J connectivity index is 0.000000164. The molecule has 0 unspecified atom stereocenters. The Morgan fingerprint density at radius 1 is 0.660 bits per heavy atom. The molecule has 4 aliphatic heterocycles. The van der Waals surface area contributed by atoms with Gasteiger partial charge in [0.25, 0.3) is 0 Å². The molecule has 0 bridgehead atoms. The molecule has 53 heavy (non-hydrogen) atoms. The summed E-state index contributed by atoms with van der Waals surface area (Å²) < 4.78 is 27.1. The lowest BCUT2D eigenvalue weighted by Gasteiger charge is -2.35. The van der Waals surface area contributed by atoms with Crippen LogP contribution < -0.4 is 26.4 Å². The van der Waals surface area contributed by atoms with Gasteiger partial charge in [-0.3, -0.25) is 14.4 Å². The first-order valence-electron chi connectivity index (χ1n) is 17.6. The Morgan fingerprint density at radius 3 is 1.51 bits per heavy atom. The van der Waals surface area contributed by atoms with E-state index in [0.29, 0.717) is 26.2 Å². The van der Waals surface area contributed by atoms with Crippen LogP contribution in [0.25, 0.3) is 41.6 Å². The van der Waals surface area contributed by atoms with E-state index in [4.69, 9.17) is 15.7 Å². The van der Waals surface area contributed by atoms with Crippen molar-refractivity contribution in [1.82, 2.24) is 14.3 Å². The van der Waals surface area contributed by atoms with E-state index in [9.17, 15) is 22.8 Å². The number of fused-ring (bicyclic) bond motifs is 4. The molecule has 2 fully saturated rings. The van der Waals surface area contributed by atoms with E-state index in [-0.39, 0.29) is 22.7 Å². The average Bonchev–Trinajstić information content (AvgIpc) is 3.10. The predicted molar refractivity (Wildman–Crippen MR) is 217 cm³/mol. The molecule has 0 radical (unpaired) electrons. The number of hydrogen-bond acceptors (Lipinski definition) is 11. The minimum Gasteiger partial charge on any atom is -0.371 e. The number of rotatable bonds is 4. The topological polar surface area (TPSA) is 147 Å². The quantitative estimate of drug-likeness (QED) is 0.229. The van der Waals surface area contributed by atoms with E-state index in [1.807, 2.05) is 20.8 Å². The first-order valence-corrected chi connectivity index (χ1v) is 21.1. The fourth-order valence-electron chi connectivity index (χ4n) is 7.30. The van der Waals surface area contributed by atoms with Crippen LogP contribution in [0.1, 0.15) is 35.1 Å². The second kappa shape index (κ2) is 14.4. The first kappa shape index (κ1) is 36.8. The molecule has 6 aliphatic rings. The molecule has 0 spiro atoms. The van der Waals surface area contributed by atoms with Crippen molar-refractivity contribution in [3.05, 3.63) is 91.2 Å². The van der Waals surface area contributed by atoms with E-state index >= 15 is 0 Å². The zero-order chi connectivity index (χ0) is 37.8. The van der Waals surface area contributed by atoms with Crippen LogP contribution in [0.4, 0.5) is 11.4 Å². The van der Waals surface area contributed by atoms with Crippen molar-refractivity contribution in [2.75, 3.05) is 55.3 Å². The van der Waals surface area contributed by atoms with Crippen molar-refractivity contribution in [2.24, 2.45) is 11.7 Å². The van der Waals surface area contributed by atoms with E-state index in [1.165, 1.54) is 10.6 Å². The molecule has 0 saturated carbocycles. The number of sulfonamides is 1. The van der Waals surface area contributed by atoms with Gasteiger partial charge < -0.3 is 15.5 Å². The number of piperazine rings is 1. The normalized spacial score (nSPS) is 16.0. The van der Waals surface area contributed by atoms with Crippen LogP contribution >= 0.6 is 22.7 Å². The van der Waals surface area contributed by atoms with Crippen LogP contribution in [0.3, 0.4) is 0 Å². The maximum Gasteiger partial charge on any atom is 0.220 e. The number of piperidine rings is 1. The summed E-state index contributed by atoms with van der Waals surface area (Å²) in [6, 6.07) is 15.1. The van der Waals surface area contributed by atoms with E-state index < -0.39 is 10.0 Å². The number of carbonyl (C=O) groups is 1. The largest absolute Gasteiger partial charge is 0.371 e. The fraction of sp³-hybridized carbons (Fsp3) is 0.359. The highest BCUT2D eigenvalue weighted by molar-refractivity contribution is 7.88. The molecule has 2 aromatic rings. The molecule has 0 atom stereocenters. The van der Waals surface area contributed by atoms with Crippen molar-refractivity contribution in [2.45, 2.75) is 40.5 Å². The molecule has 2 aliphatic carbocycles. The number of hydrogen-bond donors (Lipinski definition) is 1. The molecule has 276 valence electrons. The summed E-state index contributed by atoms with van der Waals surface area (Å²) in [6.07, 6.45) is 2.85. The summed E-state index contributed by atoms with van der Waals surface area (Å²) >= 11 is 3.20. The standard InChI is InChI=1S/C20H21N3O2S.C19H21N3O3S2/c1-11-7-14(23-5-3-13(4-6-23)20(21)25)9-16-18(11)22-19-12(2)8-15(24)10-17(19)26-16;1-12-8-14(21-4-6-22(7-5-21)27(3,24)25)10-16-18(12)20-19-13(2)9-15(23)11-17(19)26-16/h7-10,13H,3-6H2,1-2H3,(H2,21,25);8-11H,4-7H2,1-3H3. The molecule has 4 heterocycles. The van der Waals surface area contributed by atoms with E-state index in [0.717, 1.165) is 101 Å². The number of carbonyl (C=O) groups excluding carboxylic acids is 1. The zero-order valence-corrected chi connectivity index (χ0v) is 32.9. The molecule has 11 nitrogen and oxygen atoms in total. The van der Waals surface area contributed by atoms with Gasteiger partial charge in [0.05, 0.1) is 47.8 Å². The lowest BCUT2D eigenvalue weighted by atomic mass is 9.96. The van der Waals surface area contributed by atoms with Gasteiger partial charge in [0, 0.05) is 68.7 Å². The van der Waals surface area contributed by atoms with Gasteiger partial charge >= 0.3 is 0 Å². The summed E-state index contributed by atoms with van der Waals surface area (Å²) in [7, 11) is -3.14. The first-order chi connectivity index (χ1) is 25.1. The van der Waals surface area contributed by atoms with Crippen molar-refractivity contribution in [1.29, 1.82) is 0 Å². The molecule has 8 rings (SSSR count). The summed E-state index contributed by atoms with van der Waals surface area (Å²) in [5, 5.41) is 0. The molecule has 0 aromatic heterocycles. The monoisotopic (exact) mass is 770 g/mol. The molecule has 2 saturated heterocycles. The van der Waals surface area contributed by atoms with Crippen LogP contribution in [0, 0.1) is 33.6 Å². The maximum absolute atomic E-state index is 11.9. The van der Waals surface area contributed by atoms with Crippen LogP contribution in [-0.2, 0) is 14.8 Å². The summed E-state index contributed by atoms with van der Waals surface area (Å²) in [6.45, 7) is 11.9. The minimum atomic E-state index is -3.14. The van der Waals surface area contributed by atoms with Gasteiger partial charge in [-0.2, -0.15) is 4.31 Å². The van der Waals surface area contributed by atoms with Gasteiger partial charge in [-0.05, 0) is 99.2 Å². The van der Waals surface area contributed by atoms with Gasteiger partial charge in [-0.25, -0.2) is 18.4 Å². The molecule has 2 aromatic carbocycles. The lowest BCUT2D eigenvalue weighted by Crippen LogP contribution is -2.48. The van der Waals surface area contributed by atoms with Gasteiger partial charge in [-0.1, -0.05) is 0 Å². The molecular formula is C39H42N6O5S3. The van der Waals surface area contributed by atoms with Crippen LogP contribution in [0.5, 0.6) is 0 Å². The summed E-state index contributed by atoms with van der Waals surface area (Å²) in [5.41, 5.74) is 15.4. The minimum absolute atomic E-state index is 0.00201. The van der Waals surface area contributed by atoms with Gasteiger partial charge in [0.15, 0.2) is 10.9 Å². The number of benzene rings is 4. The fourth-order valence-corrected chi connectivity index (χ4v) is 10.5. The maximum atomic E-state index is 11.9. The predicted octanol–water partition coefficient (Wildman–Crippen LogP) is 5.54. The molecule has 14 heteroatoms. The van der Waals surface area contributed by atoms with Crippen molar-refractivity contribution in [3.63, 3.8) is 0 Å². The van der Waals surface area contributed by atoms with Gasteiger partial charge in [0.1, 0.15) is 0 Å². The van der Waals surface area contributed by atoms with E-state index in [1.54, 1.807) is 46.9 Å². The van der Waals surface area contributed by atoms with Crippen molar-refractivity contribution in [3.8, 4) is 21.1 Å². The number of amides is 1. The van der Waals surface area contributed by atoms with Crippen molar-refractivity contribution < 1.29 is 13.2 Å². The smallest absolute Gasteiger partial charge is 0.220 e. The highest BCUT2D eigenvalue weighted by Gasteiger charge is 2.26. The zero-order valence-electron chi connectivity index (χ0n) is 30.4. The van der Waals surface area contributed by atoms with Crippen LogP contribution in [0.15, 0.2) is 58.1 Å². The second-order valence-electron chi connectivity index (χ2n) is 14.1. The highest BCUT2D eigenvalue weighted by atomic mass is 32.2. The third kappa shape index (κ3) is 7.63. The van der Waals surface area contributed by atoms with Gasteiger partial charge in [-0.15, -0.1) is 22.7 Å². The number of aryl methyl sites for hydroxylation is 4. The second-order valence-corrected chi connectivity index (χ2v) is 18.3. The number of nitrogens with two attached hydrogens (primary N) is 1. The third-order valence-corrected chi connectivity index (χ3v) is 13.6. The Bertz CT molecular complexity index is 2550. The van der Waals surface area contributed by atoms with Gasteiger partial charge in [0.2, 0.25) is 15.9 Å². The average molecular weight is 771 g/mol. The molecule has 2 N–H and O–H groups in total. The Labute approximate surface area is 316 Å². The molecular weight excluding hydrogens is 729 g/mol. The van der Waals surface area contributed by atoms with Crippen molar-refractivity contribution >= 4 is 70.4 Å². The third-order valence-electron chi connectivity index (χ3n) is 10.2. The number of nitrogens with zero attached hydrogens (tertiary/aromatic N) is 5. The lowest BCUT2D eigenvalue weighted by molar-refractivity contribution is -0.122.